The Bertz CT molecular complexity index is 516. The van der Waals surface area contributed by atoms with E-state index in [0.29, 0.717) is 5.52 Å². The molecule has 0 amide bonds. The van der Waals surface area contributed by atoms with Crippen LogP contribution in [-0.2, 0) is 6.18 Å². The second-order valence-corrected chi connectivity index (χ2v) is 3.50. The average Bonchev–Trinajstić information content (AvgIpc) is 2.58. The van der Waals surface area contributed by atoms with Gasteiger partial charge >= 0.3 is 6.18 Å². The Balaban J connectivity index is 2.63. The number of nitrogens with zero attached hydrogens (tertiary/aromatic N) is 2. The van der Waals surface area contributed by atoms with Gasteiger partial charge in [-0.05, 0) is 19.1 Å². The van der Waals surface area contributed by atoms with Gasteiger partial charge in [-0.15, -0.1) is 0 Å². The Morgan fingerprint density at radius 2 is 2.06 bits per heavy atom. The molecule has 16 heavy (non-hydrogen) atoms. The van der Waals surface area contributed by atoms with Crippen molar-refractivity contribution in [1.29, 1.82) is 0 Å². The van der Waals surface area contributed by atoms with Crippen LogP contribution < -0.4 is 0 Å². The van der Waals surface area contributed by atoms with Crippen molar-refractivity contribution in [2.75, 3.05) is 0 Å². The topological polar surface area (TPSA) is 37.5 Å². The Kier molecular flexibility index (Phi) is 2.38. The van der Waals surface area contributed by atoms with Crippen molar-refractivity contribution in [3.63, 3.8) is 0 Å². The Morgan fingerprint density at radius 1 is 1.38 bits per heavy atom. The van der Waals surface area contributed by atoms with E-state index < -0.39 is 17.8 Å². The second-order valence-electron chi connectivity index (χ2n) is 3.50. The van der Waals surface area contributed by atoms with Gasteiger partial charge in [0.1, 0.15) is 11.9 Å². The van der Waals surface area contributed by atoms with Gasteiger partial charge in [-0.2, -0.15) is 13.2 Å². The summed E-state index contributed by atoms with van der Waals surface area (Å²) in [5.41, 5.74) is -0.246. The molecule has 0 saturated heterocycles. The molecule has 86 valence electrons. The number of hydrogen-bond acceptors (Lipinski definition) is 2. The highest BCUT2D eigenvalue weighted by atomic mass is 19.4. The van der Waals surface area contributed by atoms with Gasteiger partial charge in [0, 0.05) is 6.20 Å². The molecule has 2 aromatic heterocycles. The minimum atomic E-state index is -4.39. The van der Waals surface area contributed by atoms with Gasteiger partial charge in [0.05, 0.1) is 17.3 Å². The fourth-order valence-electron chi connectivity index (χ4n) is 1.49. The van der Waals surface area contributed by atoms with Gasteiger partial charge in [0.15, 0.2) is 0 Å². The van der Waals surface area contributed by atoms with E-state index >= 15 is 0 Å². The van der Waals surface area contributed by atoms with Gasteiger partial charge in [-0.1, -0.05) is 0 Å². The number of rotatable bonds is 1. The number of hydrogen-bond donors (Lipinski definition) is 1. The molecule has 0 aliphatic rings. The first kappa shape index (κ1) is 10.9. The van der Waals surface area contributed by atoms with E-state index in [0.717, 1.165) is 12.3 Å². The molecule has 0 spiro atoms. The number of aromatic nitrogens is 2. The van der Waals surface area contributed by atoms with Crippen LogP contribution in [-0.4, -0.2) is 14.5 Å². The lowest BCUT2D eigenvalue weighted by atomic mass is 10.2. The number of aliphatic hydroxyl groups excluding tert-OH is 1. The lowest BCUT2D eigenvalue weighted by Crippen LogP contribution is -2.07. The van der Waals surface area contributed by atoms with E-state index in [1.807, 2.05) is 0 Å². The van der Waals surface area contributed by atoms with E-state index in [4.69, 9.17) is 0 Å². The number of halogens is 3. The van der Waals surface area contributed by atoms with Crippen molar-refractivity contribution in [2.45, 2.75) is 19.2 Å². The van der Waals surface area contributed by atoms with Crippen LogP contribution in [0.15, 0.2) is 24.5 Å². The maximum Gasteiger partial charge on any atom is 0.417 e. The maximum atomic E-state index is 12.5. The number of fused-ring (bicyclic) bond motifs is 1. The Morgan fingerprint density at radius 3 is 2.62 bits per heavy atom. The largest absolute Gasteiger partial charge is 0.417 e. The molecule has 1 N–H and O–H groups in total. The summed E-state index contributed by atoms with van der Waals surface area (Å²) in [4.78, 5) is 3.86. The minimum absolute atomic E-state index is 0.195. The molecule has 0 saturated carbocycles. The van der Waals surface area contributed by atoms with Gasteiger partial charge in [0.2, 0.25) is 0 Å². The van der Waals surface area contributed by atoms with Crippen LogP contribution in [0, 0.1) is 0 Å². The standard InChI is InChI=1S/C10H9F3N2O/c1-6(16)9-14-4-8-3-2-7(5-15(8)9)10(11,12)13/h2-6,16H,1H3. The van der Waals surface area contributed by atoms with Crippen LogP contribution in [0.2, 0.25) is 0 Å². The van der Waals surface area contributed by atoms with Gasteiger partial charge < -0.3 is 9.51 Å². The van der Waals surface area contributed by atoms with E-state index in [1.54, 1.807) is 0 Å². The summed E-state index contributed by atoms with van der Waals surface area (Å²) in [5.74, 6) is 0.195. The molecule has 1 atom stereocenters. The molecule has 0 fully saturated rings. The normalized spacial score (nSPS) is 14.3. The lowest BCUT2D eigenvalue weighted by Gasteiger charge is -2.09. The summed E-state index contributed by atoms with van der Waals surface area (Å²) >= 11 is 0. The predicted octanol–water partition coefficient (Wildman–Crippen LogP) is 2.41. The zero-order valence-electron chi connectivity index (χ0n) is 8.36. The van der Waals surface area contributed by atoms with E-state index in [2.05, 4.69) is 4.98 Å². The first-order valence-corrected chi connectivity index (χ1v) is 4.62. The fraction of sp³-hybridized carbons (Fsp3) is 0.300. The maximum absolute atomic E-state index is 12.5. The Hall–Kier alpha value is -1.56. The Labute approximate surface area is 89.2 Å². The number of alkyl halides is 3. The highest BCUT2D eigenvalue weighted by Gasteiger charge is 2.31. The highest BCUT2D eigenvalue weighted by Crippen LogP contribution is 2.29. The van der Waals surface area contributed by atoms with Crippen molar-refractivity contribution < 1.29 is 18.3 Å². The average molecular weight is 230 g/mol. The zero-order chi connectivity index (χ0) is 11.9. The molecule has 3 nitrogen and oxygen atoms in total. The molecule has 1 unspecified atom stereocenters. The fourth-order valence-corrected chi connectivity index (χ4v) is 1.49. The minimum Gasteiger partial charge on any atom is -0.385 e. The molecule has 2 rings (SSSR count). The molecule has 2 aromatic rings. The van der Waals surface area contributed by atoms with Crippen LogP contribution in [0.5, 0.6) is 0 Å². The van der Waals surface area contributed by atoms with Gasteiger partial charge in [0.25, 0.3) is 0 Å². The van der Waals surface area contributed by atoms with E-state index in [9.17, 15) is 18.3 Å². The molecule has 0 bridgehead atoms. The summed E-state index contributed by atoms with van der Waals surface area (Å²) in [6.45, 7) is 1.45. The summed E-state index contributed by atoms with van der Waals surface area (Å²) < 4.78 is 38.6. The molecule has 0 radical (unpaired) electrons. The number of aliphatic hydroxyl groups is 1. The summed E-state index contributed by atoms with van der Waals surface area (Å²) in [7, 11) is 0. The zero-order valence-corrected chi connectivity index (χ0v) is 8.36. The molecular weight excluding hydrogens is 221 g/mol. The SMILES string of the molecule is CC(O)c1ncc2ccc(C(F)(F)F)cn12. The molecular formula is C10H9F3N2O. The van der Waals surface area contributed by atoms with Crippen LogP contribution >= 0.6 is 0 Å². The number of pyridine rings is 1. The molecule has 0 aromatic carbocycles. The van der Waals surface area contributed by atoms with Crippen molar-refractivity contribution in [3.05, 3.63) is 35.9 Å². The van der Waals surface area contributed by atoms with Crippen LogP contribution in [0.3, 0.4) is 0 Å². The first-order valence-electron chi connectivity index (χ1n) is 4.62. The first-order chi connectivity index (χ1) is 7.39. The van der Waals surface area contributed by atoms with Crippen molar-refractivity contribution in [1.82, 2.24) is 9.38 Å². The summed E-state index contributed by atoms with van der Waals surface area (Å²) in [6.07, 6.45) is -2.95. The quantitative estimate of drug-likeness (QED) is 0.816. The highest BCUT2D eigenvalue weighted by molar-refractivity contribution is 5.47. The second kappa shape index (κ2) is 3.48. The third-order valence-corrected chi connectivity index (χ3v) is 2.26. The van der Waals surface area contributed by atoms with Crippen molar-refractivity contribution in [3.8, 4) is 0 Å². The predicted molar refractivity (Wildman–Crippen MR) is 50.8 cm³/mol. The third-order valence-electron chi connectivity index (χ3n) is 2.26. The monoisotopic (exact) mass is 230 g/mol. The van der Waals surface area contributed by atoms with Gasteiger partial charge in [-0.3, -0.25) is 0 Å². The molecule has 0 aliphatic heterocycles. The molecule has 6 heteroatoms. The van der Waals surface area contributed by atoms with E-state index in [-0.39, 0.29) is 5.82 Å². The summed E-state index contributed by atoms with van der Waals surface area (Å²) in [6, 6.07) is 2.31. The summed E-state index contributed by atoms with van der Waals surface area (Å²) in [5, 5.41) is 9.34. The van der Waals surface area contributed by atoms with Crippen LogP contribution in [0.25, 0.3) is 5.52 Å². The third kappa shape index (κ3) is 1.76. The van der Waals surface area contributed by atoms with Crippen molar-refractivity contribution >= 4 is 5.52 Å². The van der Waals surface area contributed by atoms with Crippen LogP contribution in [0.4, 0.5) is 13.2 Å². The van der Waals surface area contributed by atoms with Crippen LogP contribution in [0.1, 0.15) is 24.4 Å². The lowest BCUT2D eigenvalue weighted by molar-refractivity contribution is -0.137. The van der Waals surface area contributed by atoms with E-state index in [1.165, 1.54) is 23.6 Å². The van der Waals surface area contributed by atoms with Crippen molar-refractivity contribution in [2.24, 2.45) is 0 Å². The van der Waals surface area contributed by atoms with Gasteiger partial charge in [-0.25, -0.2) is 4.98 Å². The molecule has 2 heterocycles. The smallest absolute Gasteiger partial charge is 0.385 e. The number of imidazole rings is 1. The molecule has 0 aliphatic carbocycles.